The van der Waals surface area contributed by atoms with Gasteiger partial charge in [0.1, 0.15) is 11.9 Å². The minimum Gasteiger partial charge on any atom is -0.359 e. The van der Waals surface area contributed by atoms with Crippen LogP contribution >= 0.6 is 11.6 Å². The summed E-state index contributed by atoms with van der Waals surface area (Å²) in [4.78, 5) is 33.9. The monoisotopic (exact) mass is 505 g/mol. The Labute approximate surface area is 217 Å². The molecule has 8 heteroatoms. The highest BCUT2D eigenvalue weighted by Gasteiger charge is 2.24. The van der Waals surface area contributed by atoms with Gasteiger partial charge in [0.15, 0.2) is 0 Å². The van der Waals surface area contributed by atoms with E-state index < -0.39 is 6.04 Å². The molecule has 1 unspecified atom stereocenters. The predicted molar refractivity (Wildman–Crippen MR) is 144 cm³/mol. The molecule has 1 fully saturated rings. The third-order valence-corrected chi connectivity index (χ3v) is 6.78. The molecule has 0 aliphatic carbocycles. The smallest absolute Gasteiger partial charge is 0.247 e. The van der Waals surface area contributed by atoms with E-state index in [0.717, 1.165) is 29.9 Å². The maximum atomic E-state index is 13.3. The predicted octanol–water partition coefficient (Wildman–Crippen LogP) is 4.48. The van der Waals surface area contributed by atoms with E-state index in [1.54, 1.807) is 12.3 Å². The van der Waals surface area contributed by atoms with Crippen LogP contribution in [0.25, 0.3) is 0 Å². The number of piperazine rings is 1. The molecular formula is C28H32ClN5O2. The van der Waals surface area contributed by atoms with Crippen LogP contribution in [-0.2, 0) is 9.59 Å². The van der Waals surface area contributed by atoms with Crippen LogP contribution in [0.3, 0.4) is 0 Å². The molecule has 1 aliphatic heterocycles. The molecule has 36 heavy (non-hydrogen) atoms. The molecule has 2 amide bonds. The van der Waals surface area contributed by atoms with E-state index >= 15 is 0 Å². The number of pyridine rings is 1. The molecule has 4 rings (SSSR count). The zero-order chi connectivity index (χ0) is 25.5. The summed E-state index contributed by atoms with van der Waals surface area (Å²) in [6, 6.07) is 20.6. The van der Waals surface area contributed by atoms with Gasteiger partial charge < -0.3 is 20.4 Å². The largest absolute Gasteiger partial charge is 0.359 e. The maximum absolute atomic E-state index is 13.3. The molecule has 0 bridgehead atoms. The normalized spacial score (nSPS) is 15.5. The molecule has 1 aromatic heterocycles. The van der Waals surface area contributed by atoms with Crippen molar-refractivity contribution >= 4 is 34.9 Å². The Balaban J connectivity index is 1.41. The van der Waals surface area contributed by atoms with Gasteiger partial charge in [-0.15, -0.1) is 0 Å². The summed E-state index contributed by atoms with van der Waals surface area (Å²) in [7, 11) is 0. The van der Waals surface area contributed by atoms with Gasteiger partial charge in [-0.2, -0.15) is 0 Å². The second-order valence-corrected chi connectivity index (χ2v) is 9.43. The molecule has 2 heterocycles. The van der Waals surface area contributed by atoms with Gasteiger partial charge in [-0.25, -0.2) is 4.98 Å². The Hall–Kier alpha value is -3.42. The molecule has 0 radical (unpaired) electrons. The van der Waals surface area contributed by atoms with Crippen LogP contribution in [0.1, 0.15) is 36.9 Å². The molecule has 1 saturated heterocycles. The Bertz CT molecular complexity index is 1150. The molecule has 3 aromatic rings. The number of nitrogens with one attached hydrogen (secondary N) is 2. The number of carbonyl (C=O) groups excluding carboxylic acids is 2. The number of carbonyl (C=O) groups is 2. The van der Waals surface area contributed by atoms with Gasteiger partial charge in [0.2, 0.25) is 11.8 Å². The lowest BCUT2D eigenvalue weighted by Crippen LogP contribution is -2.50. The number of anilines is 2. The van der Waals surface area contributed by atoms with Crippen LogP contribution in [0.4, 0.5) is 11.5 Å². The van der Waals surface area contributed by atoms with Crippen molar-refractivity contribution in [3.05, 3.63) is 89.1 Å². The first-order valence-electron chi connectivity index (χ1n) is 12.3. The summed E-state index contributed by atoms with van der Waals surface area (Å²) in [6.07, 6.45) is 1.71. The first kappa shape index (κ1) is 25.7. The van der Waals surface area contributed by atoms with Crippen LogP contribution in [-0.4, -0.2) is 54.4 Å². The maximum Gasteiger partial charge on any atom is 0.247 e. The zero-order valence-electron chi connectivity index (χ0n) is 20.7. The summed E-state index contributed by atoms with van der Waals surface area (Å²) >= 11 is 6.02. The summed E-state index contributed by atoms with van der Waals surface area (Å²) in [5.41, 5.74) is 2.89. The van der Waals surface area contributed by atoms with E-state index in [9.17, 15) is 9.59 Å². The fraction of sp³-hybridized carbons (Fsp3) is 0.321. The second-order valence-electron chi connectivity index (χ2n) is 8.99. The van der Waals surface area contributed by atoms with Gasteiger partial charge >= 0.3 is 0 Å². The third kappa shape index (κ3) is 6.42. The zero-order valence-corrected chi connectivity index (χ0v) is 21.4. The number of nitrogens with zero attached hydrogens (tertiary/aromatic N) is 3. The highest BCUT2D eigenvalue weighted by molar-refractivity contribution is 6.30. The Morgan fingerprint density at radius 1 is 1.03 bits per heavy atom. The van der Waals surface area contributed by atoms with Crippen molar-refractivity contribution in [3.8, 4) is 0 Å². The lowest BCUT2D eigenvalue weighted by Gasteiger charge is -2.34. The summed E-state index contributed by atoms with van der Waals surface area (Å²) in [6.45, 7) is 7.24. The van der Waals surface area contributed by atoms with Crippen molar-refractivity contribution in [1.29, 1.82) is 0 Å². The van der Waals surface area contributed by atoms with Gasteiger partial charge in [-0.3, -0.25) is 9.59 Å². The summed E-state index contributed by atoms with van der Waals surface area (Å²) < 4.78 is 0. The molecule has 188 valence electrons. The van der Waals surface area contributed by atoms with Crippen molar-refractivity contribution in [2.45, 2.75) is 25.8 Å². The number of aromatic nitrogens is 1. The summed E-state index contributed by atoms with van der Waals surface area (Å²) in [5, 5.41) is 7.07. The SMILES string of the molecule is CCN1CCN(c2ccc(NC(=O)C(NC[C@@H](C)c3ccc(Cl)cc3)c3ccccc3)nc2)CC1=O. The average molecular weight is 506 g/mol. The number of rotatable bonds is 9. The molecule has 2 atom stereocenters. The van der Waals surface area contributed by atoms with Crippen molar-refractivity contribution in [1.82, 2.24) is 15.2 Å². The topological polar surface area (TPSA) is 77.6 Å². The lowest BCUT2D eigenvalue weighted by molar-refractivity contribution is -0.130. The number of hydrogen-bond acceptors (Lipinski definition) is 5. The number of likely N-dealkylation sites (N-methyl/N-ethyl adjacent to an activating group) is 1. The van der Waals surface area contributed by atoms with E-state index in [4.69, 9.17) is 11.6 Å². The van der Waals surface area contributed by atoms with Crippen LogP contribution in [0.15, 0.2) is 72.9 Å². The van der Waals surface area contributed by atoms with Crippen LogP contribution in [0, 0.1) is 0 Å². The van der Waals surface area contributed by atoms with Gasteiger partial charge in [0, 0.05) is 31.2 Å². The highest BCUT2D eigenvalue weighted by Crippen LogP contribution is 2.22. The van der Waals surface area contributed by atoms with Crippen molar-refractivity contribution < 1.29 is 9.59 Å². The quantitative estimate of drug-likeness (QED) is 0.448. The minimum atomic E-state index is -0.540. The molecule has 1 aliphatic rings. The van der Waals surface area contributed by atoms with Crippen molar-refractivity contribution in [2.24, 2.45) is 0 Å². The van der Waals surface area contributed by atoms with E-state index in [1.165, 1.54) is 0 Å². The number of amides is 2. The Morgan fingerprint density at radius 2 is 1.78 bits per heavy atom. The van der Waals surface area contributed by atoms with Gasteiger partial charge in [-0.1, -0.05) is 61.0 Å². The van der Waals surface area contributed by atoms with Crippen LogP contribution in [0.5, 0.6) is 0 Å². The fourth-order valence-corrected chi connectivity index (χ4v) is 4.45. The Kier molecular flexibility index (Phi) is 8.57. The second kappa shape index (κ2) is 12.0. The average Bonchev–Trinajstić information content (AvgIpc) is 2.90. The molecular weight excluding hydrogens is 474 g/mol. The molecule has 7 nitrogen and oxygen atoms in total. The minimum absolute atomic E-state index is 0.116. The van der Waals surface area contributed by atoms with Gasteiger partial charge in [0.25, 0.3) is 0 Å². The molecule has 0 spiro atoms. The van der Waals surface area contributed by atoms with Crippen LogP contribution < -0.4 is 15.5 Å². The molecule has 2 N–H and O–H groups in total. The van der Waals surface area contributed by atoms with E-state index in [-0.39, 0.29) is 17.7 Å². The van der Waals surface area contributed by atoms with Crippen LogP contribution in [0.2, 0.25) is 5.02 Å². The standard InChI is InChI=1S/C28H32ClN5O2/c1-3-33-15-16-34(19-26(33)35)24-13-14-25(30-18-24)32-28(36)27(22-7-5-4-6-8-22)31-17-20(2)21-9-11-23(29)12-10-21/h4-14,18,20,27,31H,3,15-17,19H2,1-2H3,(H,30,32,36)/t20-,27?/m1/s1. The Morgan fingerprint density at radius 3 is 2.42 bits per heavy atom. The number of benzene rings is 2. The van der Waals surface area contributed by atoms with Gasteiger partial charge in [-0.05, 0) is 48.2 Å². The molecule has 2 aromatic carbocycles. The first-order valence-corrected chi connectivity index (χ1v) is 12.7. The fourth-order valence-electron chi connectivity index (χ4n) is 4.32. The first-order chi connectivity index (χ1) is 17.4. The lowest BCUT2D eigenvalue weighted by atomic mass is 9.99. The van der Waals surface area contributed by atoms with Crippen molar-refractivity contribution in [3.63, 3.8) is 0 Å². The van der Waals surface area contributed by atoms with Gasteiger partial charge in [0.05, 0.1) is 18.4 Å². The van der Waals surface area contributed by atoms with Crippen molar-refractivity contribution in [2.75, 3.05) is 42.9 Å². The highest BCUT2D eigenvalue weighted by atomic mass is 35.5. The van der Waals surface area contributed by atoms with E-state index in [2.05, 4.69) is 22.5 Å². The molecule has 0 saturated carbocycles. The third-order valence-electron chi connectivity index (χ3n) is 6.53. The number of hydrogen-bond donors (Lipinski definition) is 2. The summed E-state index contributed by atoms with van der Waals surface area (Å²) in [5.74, 6) is 0.590. The van der Waals surface area contributed by atoms with E-state index in [1.807, 2.05) is 77.4 Å². The van der Waals surface area contributed by atoms with E-state index in [0.29, 0.717) is 30.5 Å². The number of halogens is 1.